The van der Waals surface area contributed by atoms with Gasteiger partial charge >= 0.3 is 0 Å². The average Bonchev–Trinajstić information content (AvgIpc) is 2.70. The van der Waals surface area contributed by atoms with Crippen LogP contribution in [0, 0.1) is 22.0 Å². The number of ketones is 2. The zero-order valence-electron chi connectivity index (χ0n) is 17.6. The summed E-state index contributed by atoms with van der Waals surface area (Å²) in [6.45, 7) is 0. The SMILES string of the molecule is CN(C)[C@H]1C(=O)C(C(N)=O)=C(O)[C@]2(O)C(=O)C3=C(O)c4c(O)ccc([N+](=O)[O-])c4C[C@@H]3C[C@H]12. The van der Waals surface area contributed by atoms with E-state index in [0.717, 1.165) is 12.1 Å². The Balaban J connectivity index is 2.00. The number of benzene rings is 1. The summed E-state index contributed by atoms with van der Waals surface area (Å²) in [4.78, 5) is 50.6. The van der Waals surface area contributed by atoms with Crippen LogP contribution < -0.4 is 5.73 Å². The van der Waals surface area contributed by atoms with E-state index in [4.69, 9.17) is 5.73 Å². The number of hydrogen-bond acceptors (Lipinski definition) is 10. The molecule has 174 valence electrons. The lowest BCUT2D eigenvalue weighted by Gasteiger charge is -2.50. The van der Waals surface area contributed by atoms with E-state index in [1.54, 1.807) is 0 Å². The first-order valence-corrected chi connectivity index (χ1v) is 9.98. The number of Topliss-reactive ketones (excluding diaryl/α,β-unsaturated/α-hetero) is 2. The number of rotatable bonds is 3. The number of carbonyl (C=O) groups is 3. The fraction of sp³-hybridized carbons (Fsp3) is 0.381. The van der Waals surface area contributed by atoms with Gasteiger partial charge in [-0.15, -0.1) is 0 Å². The minimum absolute atomic E-state index is 0.00520. The molecule has 0 bridgehead atoms. The van der Waals surface area contributed by atoms with Gasteiger partial charge in [-0.3, -0.25) is 29.4 Å². The highest BCUT2D eigenvalue weighted by Gasteiger charge is 2.64. The van der Waals surface area contributed by atoms with Crippen molar-refractivity contribution in [1.29, 1.82) is 0 Å². The number of aliphatic hydroxyl groups excluding tert-OH is 2. The van der Waals surface area contributed by atoms with E-state index in [-0.39, 0.29) is 35.2 Å². The van der Waals surface area contributed by atoms with Crippen molar-refractivity contribution in [2.75, 3.05) is 14.1 Å². The van der Waals surface area contributed by atoms with E-state index in [0.29, 0.717) is 0 Å². The summed E-state index contributed by atoms with van der Waals surface area (Å²) in [6, 6.07) is 0.859. The molecule has 4 atom stereocenters. The van der Waals surface area contributed by atoms with Gasteiger partial charge in [0.1, 0.15) is 22.8 Å². The van der Waals surface area contributed by atoms with Gasteiger partial charge < -0.3 is 26.2 Å². The van der Waals surface area contributed by atoms with Crippen molar-refractivity contribution in [1.82, 2.24) is 4.90 Å². The summed E-state index contributed by atoms with van der Waals surface area (Å²) >= 11 is 0. The average molecular weight is 459 g/mol. The predicted octanol–water partition coefficient (Wildman–Crippen LogP) is -0.128. The Morgan fingerprint density at radius 2 is 1.88 bits per heavy atom. The van der Waals surface area contributed by atoms with Gasteiger partial charge in [0.15, 0.2) is 11.4 Å². The number of carbonyl (C=O) groups excluding carboxylic acids is 3. The standard InChI is InChI=1S/C21H21N3O9/c1-23(2)15-9-6-7-5-8-10(24(32)33)3-4-11(25)13(8)16(26)12(7)18(28)21(9,31)19(29)14(17(15)27)20(22)30/h3-4,7,9,15,25-26,29,31H,5-6H2,1-2H3,(H2,22,30)/t7-,9-,15-,21-/m1/s1. The van der Waals surface area contributed by atoms with Crippen molar-refractivity contribution in [3.8, 4) is 5.75 Å². The van der Waals surface area contributed by atoms with E-state index >= 15 is 0 Å². The summed E-state index contributed by atoms with van der Waals surface area (Å²) in [7, 11) is 2.96. The molecule has 33 heavy (non-hydrogen) atoms. The van der Waals surface area contributed by atoms with E-state index in [1.165, 1.54) is 19.0 Å². The lowest BCUT2D eigenvalue weighted by atomic mass is 9.57. The fourth-order valence-corrected chi connectivity index (χ4v) is 5.40. The van der Waals surface area contributed by atoms with Crippen molar-refractivity contribution < 1.29 is 39.7 Å². The Morgan fingerprint density at radius 1 is 1.24 bits per heavy atom. The highest BCUT2D eigenvalue weighted by molar-refractivity contribution is 6.24. The van der Waals surface area contributed by atoms with Gasteiger partial charge in [0, 0.05) is 23.1 Å². The van der Waals surface area contributed by atoms with Crippen LogP contribution in [0.5, 0.6) is 5.75 Å². The van der Waals surface area contributed by atoms with Crippen LogP contribution in [0.2, 0.25) is 0 Å². The number of aliphatic hydroxyl groups is 3. The lowest BCUT2D eigenvalue weighted by Crippen LogP contribution is -2.65. The lowest BCUT2D eigenvalue weighted by molar-refractivity contribution is -0.385. The molecule has 0 aromatic heterocycles. The smallest absolute Gasteiger partial charge is 0.273 e. The maximum absolute atomic E-state index is 13.6. The van der Waals surface area contributed by atoms with Crippen molar-refractivity contribution in [3.63, 3.8) is 0 Å². The molecule has 12 nitrogen and oxygen atoms in total. The Labute approximate surface area is 186 Å². The van der Waals surface area contributed by atoms with Crippen molar-refractivity contribution >= 4 is 28.9 Å². The number of nitrogens with zero attached hydrogens (tertiary/aromatic N) is 2. The maximum Gasteiger partial charge on any atom is 0.273 e. The third-order valence-electron chi connectivity index (χ3n) is 6.78. The Morgan fingerprint density at radius 3 is 2.42 bits per heavy atom. The quantitative estimate of drug-likeness (QED) is 0.230. The van der Waals surface area contributed by atoms with Gasteiger partial charge in [-0.2, -0.15) is 0 Å². The van der Waals surface area contributed by atoms with E-state index in [1.807, 2.05) is 0 Å². The summed E-state index contributed by atoms with van der Waals surface area (Å²) in [5, 5.41) is 54.8. The third-order valence-corrected chi connectivity index (χ3v) is 6.78. The van der Waals surface area contributed by atoms with Crippen LogP contribution in [-0.4, -0.2) is 73.5 Å². The Hall–Kier alpha value is -3.77. The van der Waals surface area contributed by atoms with Crippen LogP contribution in [0.4, 0.5) is 5.69 Å². The molecule has 1 aromatic carbocycles. The fourth-order valence-electron chi connectivity index (χ4n) is 5.40. The van der Waals surface area contributed by atoms with Crippen molar-refractivity contribution in [3.05, 3.63) is 50.3 Å². The van der Waals surface area contributed by atoms with Gasteiger partial charge in [-0.25, -0.2) is 0 Å². The monoisotopic (exact) mass is 459 g/mol. The highest BCUT2D eigenvalue weighted by Crippen LogP contribution is 2.53. The Kier molecular flexibility index (Phi) is 4.84. The number of nitrogens with two attached hydrogens (primary N) is 1. The van der Waals surface area contributed by atoms with Crippen LogP contribution in [0.25, 0.3) is 5.76 Å². The van der Waals surface area contributed by atoms with E-state index in [9.17, 15) is 44.9 Å². The minimum Gasteiger partial charge on any atom is -0.508 e. The molecule has 1 amide bonds. The molecule has 1 aromatic rings. The van der Waals surface area contributed by atoms with Crippen LogP contribution in [-0.2, 0) is 20.8 Å². The number of fused-ring (bicyclic) bond motifs is 3. The first-order valence-electron chi connectivity index (χ1n) is 9.98. The zero-order chi connectivity index (χ0) is 24.6. The first-order chi connectivity index (χ1) is 15.3. The molecule has 1 fully saturated rings. The number of phenols is 1. The van der Waals surface area contributed by atoms with Crippen LogP contribution >= 0.6 is 0 Å². The van der Waals surface area contributed by atoms with Crippen LogP contribution in [0.3, 0.4) is 0 Å². The molecule has 12 heteroatoms. The predicted molar refractivity (Wildman–Crippen MR) is 111 cm³/mol. The third kappa shape index (κ3) is 2.80. The van der Waals surface area contributed by atoms with Gasteiger partial charge in [-0.1, -0.05) is 0 Å². The molecule has 0 radical (unpaired) electrons. The molecule has 6 N–H and O–H groups in total. The molecule has 3 aliphatic rings. The molecule has 0 saturated heterocycles. The highest BCUT2D eigenvalue weighted by atomic mass is 16.6. The first kappa shape index (κ1) is 22.4. The summed E-state index contributed by atoms with van der Waals surface area (Å²) in [5.41, 5.74) is 0.543. The largest absolute Gasteiger partial charge is 0.508 e. The second-order valence-electron chi connectivity index (χ2n) is 8.68. The molecular weight excluding hydrogens is 438 g/mol. The molecule has 1 saturated carbocycles. The van der Waals surface area contributed by atoms with Gasteiger partial charge in [0.2, 0.25) is 5.78 Å². The zero-order valence-corrected chi connectivity index (χ0v) is 17.6. The molecule has 3 aliphatic carbocycles. The second kappa shape index (κ2) is 7.12. The minimum atomic E-state index is -2.75. The van der Waals surface area contributed by atoms with Crippen molar-refractivity contribution in [2.45, 2.75) is 24.5 Å². The van der Waals surface area contributed by atoms with Gasteiger partial charge in [0.25, 0.3) is 11.6 Å². The number of aromatic hydroxyl groups is 1. The summed E-state index contributed by atoms with van der Waals surface area (Å²) in [5.74, 6) is -7.96. The topological polar surface area (TPSA) is 205 Å². The Bertz CT molecular complexity index is 1220. The summed E-state index contributed by atoms with van der Waals surface area (Å²) in [6.07, 6.45) is -0.280. The number of likely N-dealkylation sites (N-methyl/N-ethyl adjacent to an activating group) is 1. The molecule has 0 unspecified atom stereocenters. The molecule has 0 aliphatic heterocycles. The summed E-state index contributed by atoms with van der Waals surface area (Å²) < 4.78 is 0. The molecule has 0 spiro atoms. The number of nitro benzene ring substituents is 1. The number of primary amides is 1. The number of amides is 1. The van der Waals surface area contributed by atoms with Crippen molar-refractivity contribution in [2.24, 2.45) is 17.6 Å². The van der Waals surface area contributed by atoms with E-state index in [2.05, 4.69) is 0 Å². The van der Waals surface area contributed by atoms with Gasteiger partial charge in [0.05, 0.1) is 16.5 Å². The second-order valence-corrected chi connectivity index (χ2v) is 8.68. The molecular formula is C21H21N3O9. The van der Waals surface area contributed by atoms with Crippen LogP contribution in [0.1, 0.15) is 17.5 Å². The number of hydrogen-bond donors (Lipinski definition) is 5. The molecule has 4 rings (SSSR count). The molecule has 0 heterocycles. The number of nitro groups is 1. The van der Waals surface area contributed by atoms with E-state index < -0.39 is 68.7 Å². The normalized spacial score (nSPS) is 29.0. The van der Waals surface area contributed by atoms with Crippen LogP contribution in [0.15, 0.2) is 29.0 Å². The number of phenolic OH excluding ortho intramolecular Hbond substituents is 1. The maximum atomic E-state index is 13.6. The van der Waals surface area contributed by atoms with Gasteiger partial charge in [-0.05, 0) is 38.9 Å².